The summed E-state index contributed by atoms with van der Waals surface area (Å²) in [6, 6.07) is 9.30. The fraction of sp³-hybridized carbons (Fsp3) is 0.250. The van der Waals surface area contributed by atoms with Gasteiger partial charge in [-0.1, -0.05) is 6.07 Å². The van der Waals surface area contributed by atoms with Crippen molar-refractivity contribution in [2.75, 3.05) is 0 Å². The van der Waals surface area contributed by atoms with Gasteiger partial charge in [0.25, 0.3) is 0 Å². The summed E-state index contributed by atoms with van der Waals surface area (Å²) in [6.45, 7) is 7.66. The second-order valence-corrected chi connectivity index (χ2v) is 4.80. The van der Waals surface area contributed by atoms with Crippen LogP contribution in [0.4, 0.5) is 0 Å². The fourth-order valence-electron chi connectivity index (χ4n) is 2.06. The zero-order valence-electron chi connectivity index (χ0n) is 11.7. The van der Waals surface area contributed by atoms with Gasteiger partial charge in [-0.25, -0.2) is 4.79 Å². The predicted octanol–water partition coefficient (Wildman–Crippen LogP) is 3.53. The molecule has 3 heteroatoms. The number of benzene rings is 1. The first kappa shape index (κ1) is 13.3. The van der Waals surface area contributed by atoms with Crippen LogP contribution in [0.2, 0.25) is 0 Å². The fourth-order valence-corrected chi connectivity index (χ4v) is 2.06. The molecule has 0 bridgehead atoms. The van der Waals surface area contributed by atoms with Gasteiger partial charge >= 0.3 is 5.97 Å². The van der Waals surface area contributed by atoms with Gasteiger partial charge in [-0.3, -0.25) is 4.98 Å². The minimum absolute atomic E-state index is 0.366. The van der Waals surface area contributed by atoms with E-state index in [1.54, 1.807) is 6.07 Å². The first-order valence-electron chi connectivity index (χ1n) is 6.20. The summed E-state index contributed by atoms with van der Waals surface area (Å²) in [5, 5.41) is 0. The number of ether oxygens (including phenoxy) is 1. The highest BCUT2D eigenvalue weighted by molar-refractivity contribution is 5.92. The van der Waals surface area contributed by atoms with Crippen LogP contribution in [0, 0.1) is 27.7 Å². The van der Waals surface area contributed by atoms with Gasteiger partial charge in [0.15, 0.2) is 0 Å². The SMILES string of the molecule is Cc1cc(C)cc(OC(=O)c2ccc(C)nc2C)c1. The first-order valence-corrected chi connectivity index (χ1v) is 6.20. The number of hydrogen-bond donors (Lipinski definition) is 0. The van der Waals surface area contributed by atoms with Gasteiger partial charge in [0.2, 0.25) is 0 Å². The second kappa shape index (κ2) is 5.22. The van der Waals surface area contributed by atoms with Crippen LogP contribution in [0.15, 0.2) is 30.3 Å². The molecule has 2 rings (SSSR count). The van der Waals surface area contributed by atoms with E-state index in [4.69, 9.17) is 4.74 Å². The molecule has 0 aliphatic rings. The molecule has 0 amide bonds. The van der Waals surface area contributed by atoms with Crippen molar-refractivity contribution in [2.45, 2.75) is 27.7 Å². The standard InChI is InChI=1S/C16H17NO2/c1-10-7-11(2)9-14(8-10)19-16(18)15-6-5-12(3)17-13(15)4/h5-9H,1-4H3. The number of esters is 1. The summed E-state index contributed by atoms with van der Waals surface area (Å²) in [5.41, 5.74) is 4.22. The molecular weight excluding hydrogens is 238 g/mol. The largest absolute Gasteiger partial charge is 0.423 e. The number of aryl methyl sites for hydroxylation is 4. The Balaban J connectivity index is 2.25. The molecule has 2 aromatic rings. The zero-order valence-corrected chi connectivity index (χ0v) is 11.7. The van der Waals surface area contributed by atoms with Crippen LogP contribution in [0.5, 0.6) is 5.75 Å². The third kappa shape index (κ3) is 3.19. The summed E-state index contributed by atoms with van der Waals surface area (Å²) in [7, 11) is 0. The maximum absolute atomic E-state index is 12.1. The lowest BCUT2D eigenvalue weighted by Crippen LogP contribution is -2.11. The molecule has 0 radical (unpaired) electrons. The van der Waals surface area contributed by atoms with E-state index in [1.165, 1.54) is 0 Å². The number of nitrogens with zero attached hydrogens (tertiary/aromatic N) is 1. The van der Waals surface area contributed by atoms with E-state index in [9.17, 15) is 4.79 Å². The summed E-state index contributed by atoms with van der Waals surface area (Å²) in [4.78, 5) is 16.4. The Bertz CT molecular complexity index is 612. The Hall–Kier alpha value is -2.16. The smallest absolute Gasteiger partial charge is 0.345 e. The van der Waals surface area contributed by atoms with Gasteiger partial charge in [0.1, 0.15) is 5.75 Å². The summed E-state index contributed by atoms with van der Waals surface area (Å²) < 4.78 is 5.40. The molecule has 0 saturated carbocycles. The van der Waals surface area contributed by atoms with Crippen molar-refractivity contribution >= 4 is 5.97 Å². The minimum Gasteiger partial charge on any atom is -0.423 e. The van der Waals surface area contributed by atoms with Gasteiger partial charge in [-0.2, -0.15) is 0 Å². The highest BCUT2D eigenvalue weighted by Gasteiger charge is 2.12. The van der Waals surface area contributed by atoms with E-state index in [0.29, 0.717) is 17.0 Å². The first-order chi connectivity index (χ1) is 8.95. The van der Waals surface area contributed by atoms with Crippen LogP contribution in [-0.2, 0) is 0 Å². The van der Waals surface area contributed by atoms with E-state index < -0.39 is 0 Å². The van der Waals surface area contributed by atoms with Gasteiger partial charge < -0.3 is 4.74 Å². The summed E-state index contributed by atoms with van der Waals surface area (Å²) in [5.74, 6) is 0.206. The monoisotopic (exact) mass is 255 g/mol. The molecule has 0 aliphatic heterocycles. The Kier molecular flexibility index (Phi) is 3.65. The van der Waals surface area contributed by atoms with Gasteiger partial charge in [0.05, 0.1) is 11.3 Å². The highest BCUT2D eigenvalue weighted by atomic mass is 16.5. The van der Waals surface area contributed by atoms with Gasteiger partial charge in [-0.05, 0) is 63.1 Å². The molecule has 19 heavy (non-hydrogen) atoms. The van der Waals surface area contributed by atoms with Crippen LogP contribution < -0.4 is 4.74 Å². The number of aromatic nitrogens is 1. The molecule has 1 aromatic carbocycles. The Morgan fingerprint density at radius 3 is 2.21 bits per heavy atom. The van der Waals surface area contributed by atoms with Gasteiger partial charge in [0, 0.05) is 5.69 Å². The lowest BCUT2D eigenvalue weighted by molar-refractivity contribution is 0.0733. The Morgan fingerprint density at radius 1 is 1.00 bits per heavy atom. The number of hydrogen-bond acceptors (Lipinski definition) is 3. The van der Waals surface area contributed by atoms with Crippen molar-refractivity contribution in [1.82, 2.24) is 4.98 Å². The number of carbonyl (C=O) groups excluding carboxylic acids is 1. The molecular formula is C16H17NO2. The highest BCUT2D eigenvalue weighted by Crippen LogP contribution is 2.18. The maximum atomic E-state index is 12.1. The second-order valence-electron chi connectivity index (χ2n) is 4.80. The van der Waals surface area contributed by atoms with E-state index in [2.05, 4.69) is 4.98 Å². The van der Waals surface area contributed by atoms with Crippen LogP contribution in [0.1, 0.15) is 32.9 Å². The molecule has 0 spiro atoms. The quantitative estimate of drug-likeness (QED) is 0.608. The van der Waals surface area contributed by atoms with Crippen molar-refractivity contribution in [1.29, 1.82) is 0 Å². The average molecular weight is 255 g/mol. The molecule has 0 atom stereocenters. The van der Waals surface area contributed by atoms with E-state index in [-0.39, 0.29) is 5.97 Å². The molecule has 1 heterocycles. The van der Waals surface area contributed by atoms with Crippen molar-refractivity contribution in [3.05, 3.63) is 58.4 Å². The molecule has 0 unspecified atom stereocenters. The van der Waals surface area contributed by atoms with Crippen LogP contribution in [-0.4, -0.2) is 11.0 Å². The molecule has 0 saturated heterocycles. The zero-order chi connectivity index (χ0) is 14.0. The molecule has 98 valence electrons. The maximum Gasteiger partial charge on any atom is 0.345 e. The Morgan fingerprint density at radius 2 is 1.63 bits per heavy atom. The normalized spacial score (nSPS) is 10.3. The molecule has 0 aliphatic carbocycles. The number of rotatable bonds is 2. The topological polar surface area (TPSA) is 39.2 Å². The van der Waals surface area contributed by atoms with Crippen molar-refractivity contribution in [3.8, 4) is 5.75 Å². The van der Waals surface area contributed by atoms with Crippen LogP contribution in [0.25, 0.3) is 0 Å². The predicted molar refractivity (Wildman–Crippen MR) is 74.6 cm³/mol. The Labute approximate surface area is 113 Å². The summed E-state index contributed by atoms with van der Waals surface area (Å²) in [6.07, 6.45) is 0. The molecule has 0 N–H and O–H groups in total. The van der Waals surface area contributed by atoms with Crippen molar-refractivity contribution < 1.29 is 9.53 Å². The van der Waals surface area contributed by atoms with Crippen molar-refractivity contribution in [3.63, 3.8) is 0 Å². The van der Waals surface area contributed by atoms with E-state index >= 15 is 0 Å². The third-order valence-corrected chi connectivity index (χ3v) is 2.85. The molecule has 0 fully saturated rings. The lowest BCUT2D eigenvalue weighted by Gasteiger charge is -2.08. The van der Waals surface area contributed by atoms with E-state index in [0.717, 1.165) is 16.8 Å². The molecule has 3 nitrogen and oxygen atoms in total. The van der Waals surface area contributed by atoms with Crippen molar-refractivity contribution in [2.24, 2.45) is 0 Å². The van der Waals surface area contributed by atoms with Crippen LogP contribution in [0.3, 0.4) is 0 Å². The number of pyridine rings is 1. The third-order valence-electron chi connectivity index (χ3n) is 2.85. The summed E-state index contributed by atoms with van der Waals surface area (Å²) >= 11 is 0. The minimum atomic E-state index is -0.366. The molecule has 1 aromatic heterocycles. The average Bonchev–Trinajstić information content (AvgIpc) is 2.26. The lowest BCUT2D eigenvalue weighted by atomic mass is 10.1. The van der Waals surface area contributed by atoms with Crippen LogP contribution >= 0.6 is 0 Å². The van der Waals surface area contributed by atoms with E-state index in [1.807, 2.05) is 52.0 Å². The van der Waals surface area contributed by atoms with Gasteiger partial charge in [-0.15, -0.1) is 0 Å². The number of carbonyl (C=O) groups is 1.